The molecular formula is C36H24N6. The predicted molar refractivity (Wildman–Crippen MR) is 166 cm³/mol. The topological polar surface area (TPSA) is 77.3 Å². The van der Waals surface area contributed by atoms with Gasteiger partial charge in [-0.2, -0.15) is 0 Å². The Kier molecular flexibility index (Phi) is 6.76. The molecule has 7 aromatic rings. The standard InChI is InChI=1S/C36H24N6/c1-2-17-39-33(8-1)35-9-3-10-36(42-35)34-14-12-27(24-41-34)31-19-29(25-6-4-15-37-21-25)18-30(20-31)26-11-13-32(40-23-26)28-7-5-16-38-22-28/h1-24H. The van der Waals surface area contributed by atoms with E-state index in [4.69, 9.17) is 15.0 Å². The van der Waals surface area contributed by atoms with E-state index in [2.05, 4.69) is 51.4 Å². The molecule has 42 heavy (non-hydrogen) atoms. The average molecular weight is 541 g/mol. The van der Waals surface area contributed by atoms with Gasteiger partial charge in [0, 0.05) is 65.6 Å². The van der Waals surface area contributed by atoms with Crippen molar-refractivity contribution in [2.45, 2.75) is 0 Å². The van der Waals surface area contributed by atoms with Crippen LogP contribution in [0, 0.1) is 0 Å². The van der Waals surface area contributed by atoms with Gasteiger partial charge in [-0.1, -0.05) is 30.3 Å². The van der Waals surface area contributed by atoms with Gasteiger partial charge in [0.25, 0.3) is 0 Å². The Morgan fingerprint density at radius 2 is 0.857 bits per heavy atom. The van der Waals surface area contributed by atoms with Crippen molar-refractivity contribution < 1.29 is 0 Å². The normalized spacial score (nSPS) is 10.9. The first-order chi connectivity index (χ1) is 20.8. The second kappa shape index (κ2) is 11.3. The zero-order chi connectivity index (χ0) is 28.1. The number of rotatable bonds is 6. The lowest BCUT2D eigenvalue weighted by molar-refractivity contribution is 1.22. The van der Waals surface area contributed by atoms with Gasteiger partial charge in [0.2, 0.25) is 0 Å². The molecule has 0 bridgehead atoms. The van der Waals surface area contributed by atoms with E-state index in [0.717, 1.165) is 67.4 Å². The summed E-state index contributed by atoms with van der Waals surface area (Å²) < 4.78 is 0. The molecule has 6 heterocycles. The maximum absolute atomic E-state index is 4.81. The lowest BCUT2D eigenvalue weighted by atomic mass is 9.94. The average Bonchev–Trinajstić information content (AvgIpc) is 3.09. The third-order valence-electron chi connectivity index (χ3n) is 7.02. The van der Waals surface area contributed by atoms with Gasteiger partial charge in [0.05, 0.1) is 28.5 Å². The number of pyridine rings is 6. The van der Waals surface area contributed by atoms with Crippen LogP contribution in [-0.2, 0) is 0 Å². The lowest BCUT2D eigenvalue weighted by Crippen LogP contribution is -1.92. The summed E-state index contributed by atoms with van der Waals surface area (Å²) in [6.45, 7) is 0. The minimum Gasteiger partial charge on any atom is -0.264 e. The van der Waals surface area contributed by atoms with Crippen molar-refractivity contribution in [2.24, 2.45) is 0 Å². The van der Waals surface area contributed by atoms with Gasteiger partial charge in [-0.05, 0) is 89.5 Å². The van der Waals surface area contributed by atoms with Gasteiger partial charge in [-0.15, -0.1) is 0 Å². The van der Waals surface area contributed by atoms with Crippen LogP contribution in [0.5, 0.6) is 0 Å². The van der Waals surface area contributed by atoms with Crippen LogP contribution >= 0.6 is 0 Å². The molecule has 0 saturated carbocycles. The first-order valence-corrected chi connectivity index (χ1v) is 13.6. The van der Waals surface area contributed by atoms with E-state index < -0.39 is 0 Å². The van der Waals surface area contributed by atoms with E-state index in [-0.39, 0.29) is 0 Å². The summed E-state index contributed by atoms with van der Waals surface area (Å²) in [6.07, 6.45) is 12.8. The quantitative estimate of drug-likeness (QED) is 0.212. The molecule has 0 aliphatic rings. The predicted octanol–water partition coefficient (Wildman–Crippen LogP) is 8.06. The second-order valence-corrected chi connectivity index (χ2v) is 9.77. The summed E-state index contributed by atoms with van der Waals surface area (Å²) in [5.41, 5.74) is 11.4. The lowest BCUT2D eigenvalue weighted by Gasteiger charge is -2.12. The highest BCUT2D eigenvalue weighted by Crippen LogP contribution is 2.33. The molecule has 0 aliphatic carbocycles. The highest BCUT2D eigenvalue weighted by Gasteiger charge is 2.11. The van der Waals surface area contributed by atoms with Gasteiger partial charge in [-0.3, -0.25) is 24.9 Å². The van der Waals surface area contributed by atoms with Crippen molar-refractivity contribution in [3.05, 3.63) is 147 Å². The molecule has 0 N–H and O–H groups in total. The minimum absolute atomic E-state index is 0.800. The third kappa shape index (κ3) is 5.29. The van der Waals surface area contributed by atoms with Gasteiger partial charge in [-0.25, -0.2) is 4.98 Å². The number of hydrogen-bond donors (Lipinski definition) is 0. The molecule has 0 aliphatic heterocycles. The smallest absolute Gasteiger partial charge is 0.0894 e. The van der Waals surface area contributed by atoms with E-state index in [1.54, 1.807) is 18.6 Å². The van der Waals surface area contributed by atoms with E-state index in [1.165, 1.54) is 0 Å². The first-order valence-electron chi connectivity index (χ1n) is 13.6. The van der Waals surface area contributed by atoms with Crippen LogP contribution < -0.4 is 0 Å². The summed E-state index contributed by atoms with van der Waals surface area (Å²) >= 11 is 0. The molecule has 0 atom stereocenters. The summed E-state index contributed by atoms with van der Waals surface area (Å²) in [5, 5.41) is 0. The highest BCUT2D eigenvalue weighted by atomic mass is 14.8. The molecule has 0 amide bonds. The van der Waals surface area contributed by atoms with Crippen LogP contribution in [0.1, 0.15) is 0 Å². The molecule has 7 rings (SSSR count). The third-order valence-corrected chi connectivity index (χ3v) is 7.02. The Hall–Kier alpha value is -5.88. The van der Waals surface area contributed by atoms with Gasteiger partial charge in [0.1, 0.15) is 0 Å². The molecule has 6 nitrogen and oxygen atoms in total. The van der Waals surface area contributed by atoms with Crippen LogP contribution in [0.2, 0.25) is 0 Å². The molecule has 6 heteroatoms. The number of nitrogens with zero attached hydrogens (tertiary/aromatic N) is 6. The second-order valence-electron chi connectivity index (χ2n) is 9.77. The van der Waals surface area contributed by atoms with Crippen molar-refractivity contribution in [1.29, 1.82) is 0 Å². The Labute approximate surface area is 243 Å². The van der Waals surface area contributed by atoms with Gasteiger partial charge < -0.3 is 0 Å². The molecule has 0 unspecified atom stereocenters. The van der Waals surface area contributed by atoms with Crippen LogP contribution in [0.25, 0.3) is 67.4 Å². The zero-order valence-electron chi connectivity index (χ0n) is 22.5. The first kappa shape index (κ1) is 25.1. The van der Waals surface area contributed by atoms with Crippen molar-refractivity contribution in [3.8, 4) is 67.4 Å². The molecule has 0 radical (unpaired) electrons. The van der Waals surface area contributed by atoms with Crippen molar-refractivity contribution in [2.75, 3.05) is 0 Å². The van der Waals surface area contributed by atoms with Crippen LogP contribution in [0.3, 0.4) is 0 Å². The summed E-state index contributed by atoms with van der Waals surface area (Å²) in [4.78, 5) is 27.3. The Balaban J connectivity index is 1.25. The molecular weight excluding hydrogens is 516 g/mol. The fourth-order valence-corrected chi connectivity index (χ4v) is 4.86. The monoisotopic (exact) mass is 540 g/mol. The van der Waals surface area contributed by atoms with Crippen molar-refractivity contribution in [3.63, 3.8) is 0 Å². The minimum atomic E-state index is 0.800. The fraction of sp³-hybridized carbons (Fsp3) is 0. The molecule has 6 aromatic heterocycles. The summed E-state index contributed by atoms with van der Waals surface area (Å²) in [5.74, 6) is 0. The molecule has 0 fully saturated rings. The zero-order valence-corrected chi connectivity index (χ0v) is 22.5. The van der Waals surface area contributed by atoms with E-state index in [0.29, 0.717) is 0 Å². The molecule has 0 spiro atoms. The largest absolute Gasteiger partial charge is 0.264 e. The van der Waals surface area contributed by atoms with Crippen LogP contribution in [-0.4, -0.2) is 29.9 Å². The number of benzene rings is 1. The molecule has 1 aromatic carbocycles. The van der Waals surface area contributed by atoms with Gasteiger partial charge in [0.15, 0.2) is 0 Å². The SMILES string of the molecule is c1ccc(-c2cccc(-c3ccc(-c4cc(-c5cccnc5)cc(-c5ccc(-c6cccnc6)nc5)c4)cn3)n2)nc1. The number of aromatic nitrogens is 6. The highest BCUT2D eigenvalue weighted by molar-refractivity contribution is 5.81. The van der Waals surface area contributed by atoms with Crippen LogP contribution in [0.15, 0.2) is 147 Å². The molecule has 198 valence electrons. The number of hydrogen-bond acceptors (Lipinski definition) is 6. The fourth-order valence-electron chi connectivity index (χ4n) is 4.86. The Morgan fingerprint density at radius 3 is 1.38 bits per heavy atom. The summed E-state index contributed by atoms with van der Waals surface area (Å²) in [7, 11) is 0. The molecule has 0 saturated heterocycles. The van der Waals surface area contributed by atoms with Crippen molar-refractivity contribution >= 4 is 0 Å². The van der Waals surface area contributed by atoms with Crippen molar-refractivity contribution in [1.82, 2.24) is 29.9 Å². The summed E-state index contributed by atoms with van der Waals surface area (Å²) in [6, 6.07) is 34.5. The maximum Gasteiger partial charge on any atom is 0.0894 e. The van der Waals surface area contributed by atoms with E-state index >= 15 is 0 Å². The Morgan fingerprint density at radius 1 is 0.310 bits per heavy atom. The van der Waals surface area contributed by atoms with Crippen LogP contribution in [0.4, 0.5) is 0 Å². The van der Waals surface area contributed by atoms with E-state index in [1.807, 2.05) is 91.5 Å². The Bertz CT molecular complexity index is 1940. The van der Waals surface area contributed by atoms with Gasteiger partial charge >= 0.3 is 0 Å². The van der Waals surface area contributed by atoms with E-state index in [9.17, 15) is 0 Å². The maximum atomic E-state index is 4.81.